The average molecular weight is 407 g/mol. The van der Waals surface area contributed by atoms with Gasteiger partial charge < -0.3 is 4.74 Å². The third-order valence-electron chi connectivity index (χ3n) is 7.02. The van der Waals surface area contributed by atoms with Crippen LogP contribution in [0.3, 0.4) is 0 Å². The minimum atomic E-state index is -1.72. The van der Waals surface area contributed by atoms with E-state index in [0.29, 0.717) is 5.56 Å². The van der Waals surface area contributed by atoms with Crippen LogP contribution < -0.4 is 0 Å². The third kappa shape index (κ3) is 2.29. The Morgan fingerprint density at radius 2 is 1.23 bits per heavy atom. The summed E-state index contributed by atoms with van der Waals surface area (Å²) in [5, 5.41) is 0. The number of hydrogen-bond acceptors (Lipinski definition) is 1. The van der Waals surface area contributed by atoms with Gasteiger partial charge in [0, 0.05) is 6.42 Å². The monoisotopic (exact) mass is 406 g/mol. The fourth-order valence-electron chi connectivity index (χ4n) is 5.74. The van der Waals surface area contributed by atoms with Crippen molar-refractivity contribution in [1.82, 2.24) is 0 Å². The summed E-state index contributed by atoms with van der Waals surface area (Å²) in [6, 6.07) is 36.0. The largest absolute Gasteiger partial charge is 0.346 e. The Bertz CT molecular complexity index is 1270. The van der Waals surface area contributed by atoms with E-state index in [1.54, 1.807) is 0 Å². The molecule has 0 N–H and O–H groups in total. The maximum absolute atomic E-state index is 17.7. The van der Waals surface area contributed by atoms with Crippen LogP contribution >= 0.6 is 0 Å². The van der Waals surface area contributed by atoms with Crippen LogP contribution in [0, 0.1) is 6.92 Å². The van der Waals surface area contributed by atoms with E-state index in [4.69, 9.17) is 4.74 Å². The molecule has 4 aromatic carbocycles. The van der Waals surface area contributed by atoms with Gasteiger partial charge in [-0.25, -0.2) is 4.39 Å². The van der Waals surface area contributed by atoms with Crippen molar-refractivity contribution in [3.8, 4) is 0 Å². The van der Waals surface area contributed by atoms with Crippen molar-refractivity contribution in [2.45, 2.75) is 30.2 Å². The molecule has 0 saturated carbocycles. The third-order valence-corrected chi connectivity index (χ3v) is 7.02. The summed E-state index contributed by atoms with van der Waals surface area (Å²) in [4.78, 5) is 0. The van der Waals surface area contributed by atoms with Gasteiger partial charge in [0.2, 0.25) is 0 Å². The first-order valence-corrected chi connectivity index (χ1v) is 10.8. The number of alkyl halides is 1. The molecule has 2 aliphatic heterocycles. The lowest BCUT2D eigenvalue weighted by Crippen LogP contribution is -2.44. The number of fused-ring (bicyclic) bond motifs is 5. The number of hydrogen-bond donors (Lipinski definition) is 0. The van der Waals surface area contributed by atoms with Crippen LogP contribution in [0.2, 0.25) is 0 Å². The number of rotatable bonds is 3. The van der Waals surface area contributed by atoms with E-state index in [1.165, 1.54) is 0 Å². The summed E-state index contributed by atoms with van der Waals surface area (Å²) in [7, 11) is 0. The minimum Gasteiger partial charge on any atom is -0.346 e. The van der Waals surface area contributed by atoms with Crippen LogP contribution in [0.5, 0.6) is 0 Å². The fraction of sp³-hybridized carbons (Fsp3) is 0.172. The Labute approximate surface area is 182 Å². The molecule has 2 heteroatoms. The van der Waals surface area contributed by atoms with Crippen molar-refractivity contribution in [1.29, 1.82) is 0 Å². The van der Waals surface area contributed by atoms with E-state index in [1.807, 2.05) is 97.9 Å². The van der Waals surface area contributed by atoms with Gasteiger partial charge in [-0.15, -0.1) is 0 Å². The Hall–Kier alpha value is -3.23. The van der Waals surface area contributed by atoms with Gasteiger partial charge in [-0.1, -0.05) is 115 Å². The lowest BCUT2D eigenvalue weighted by atomic mass is 9.62. The van der Waals surface area contributed by atoms with E-state index in [9.17, 15) is 0 Å². The summed E-state index contributed by atoms with van der Waals surface area (Å²) in [5.41, 5.74) is 1.76. The lowest BCUT2D eigenvalue weighted by Gasteiger charge is -2.41. The molecule has 0 radical (unpaired) electrons. The molecule has 2 bridgehead atoms. The normalized spacial score (nSPS) is 28.5. The Morgan fingerprint density at radius 3 is 1.90 bits per heavy atom. The molecule has 152 valence electrons. The van der Waals surface area contributed by atoms with E-state index in [0.717, 1.165) is 27.8 Å². The van der Waals surface area contributed by atoms with Crippen LogP contribution in [0.15, 0.2) is 109 Å². The highest BCUT2D eigenvalue weighted by Gasteiger charge is 2.74. The molecule has 6 rings (SSSR count). The van der Waals surface area contributed by atoms with Crippen LogP contribution in [-0.2, 0) is 21.6 Å². The summed E-state index contributed by atoms with van der Waals surface area (Å²) in [6.07, 6.45) is 0.235. The van der Waals surface area contributed by atoms with Crippen molar-refractivity contribution >= 4 is 0 Å². The first-order valence-electron chi connectivity index (χ1n) is 10.8. The zero-order chi connectivity index (χ0) is 21.1. The summed E-state index contributed by atoms with van der Waals surface area (Å²) < 4.78 is 24.8. The standard InChI is InChI=1S/C29H23FO/c1-21-11-10-16-24(19-21)28(30)20-27(22-12-4-2-5-13-22)25-17-8-9-18-26(25)29(28,31-27)23-14-6-3-7-15-23/h2-19H,20H2,1H3/t27-,28+,29+/m1/s1. The van der Waals surface area contributed by atoms with Crippen LogP contribution in [0.4, 0.5) is 4.39 Å². The van der Waals surface area contributed by atoms with Gasteiger partial charge in [0.05, 0.1) is 0 Å². The molecule has 0 aliphatic carbocycles. The highest BCUT2D eigenvalue weighted by molar-refractivity contribution is 5.60. The topological polar surface area (TPSA) is 9.23 Å². The van der Waals surface area contributed by atoms with Gasteiger partial charge in [-0.2, -0.15) is 0 Å². The van der Waals surface area contributed by atoms with Gasteiger partial charge in [0.1, 0.15) is 5.60 Å². The van der Waals surface area contributed by atoms with Crippen molar-refractivity contribution in [2.75, 3.05) is 0 Å². The fourth-order valence-corrected chi connectivity index (χ4v) is 5.74. The zero-order valence-corrected chi connectivity index (χ0v) is 17.4. The molecule has 4 aromatic rings. The molecular formula is C29H23FO. The second-order valence-corrected chi connectivity index (χ2v) is 8.74. The maximum Gasteiger partial charge on any atom is 0.176 e. The summed E-state index contributed by atoms with van der Waals surface area (Å²) in [6.45, 7) is 2.01. The van der Waals surface area contributed by atoms with Gasteiger partial charge >= 0.3 is 0 Å². The number of halogens is 1. The molecule has 0 spiro atoms. The summed E-state index contributed by atoms with van der Waals surface area (Å²) >= 11 is 0. The smallest absolute Gasteiger partial charge is 0.176 e. The minimum absolute atomic E-state index is 0.235. The van der Waals surface area contributed by atoms with Crippen molar-refractivity contribution in [3.63, 3.8) is 0 Å². The van der Waals surface area contributed by atoms with Crippen molar-refractivity contribution in [2.24, 2.45) is 0 Å². The van der Waals surface area contributed by atoms with Crippen molar-refractivity contribution < 1.29 is 9.13 Å². The van der Waals surface area contributed by atoms with Gasteiger partial charge in [-0.05, 0) is 34.7 Å². The molecule has 0 aromatic heterocycles. The Kier molecular flexibility index (Phi) is 3.82. The highest BCUT2D eigenvalue weighted by atomic mass is 19.1. The molecule has 1 nitrogen and oxygen atoms in total. The predicted molar refractivity (Wildman–Crippen MR) is 121 cm³/mol. The molecule has 1 fully saturated rings. The average Bonchev–Trinajstić information content (AvgIpc) is 3.29. The summed E-state index contributed by atoms with van der Waals surface area (Å²) in [5.74, 6) is 0. The number of ether oxygens (including phenoxy) is 1. The SMILES string of the molecule is Cc1cccc([C@@]2(F)C[C@]3(c4ccccc4)O[C@@]2(c2ccccc2)c2ccccc23)c1. The molecule has 2 heterocycles. The first-order chi connectivity index (χ1) is 15.1. The molecule has 1 saturated heterocycles. The van der Waals surface area contributed by atoms with Gasteiger partial charge in [0.25, 0.3) is 0 Å². The van der Waals surface area contributed by atoms with Gasteiger partial charge in [0.15, 0.2) is 11.3 Å². The predicted octanol–water partition coefficient (Wildman–Crippen LogP) is 6.78. The highest BCUT2D eigenvalue weighted by Crippen LogP contribution is 2.71. The molecule has 2 aliphatic rings. The molecular weight excluding hydrogens is 383 g/mol. The van der Waals surface area contributed by atoms with Crippen LogP contribution in [0.25, 0.3) is 0 Å². The quantitative estimate of drug-likeness (QED) is 0.364. The zero-order valence-electron chi connectivity index (χ0n) is 17.4. The van der Waals surface area contributed by atoms with Crippen molar-refractivity contribution in [3.05, 3.63) is 143 Å². The van der Waals surface area contributed by atoms with Crippen LogP contribution in [-0.4, -0.2) is 0 Å². The maximum atomic E-state index is 17.7. The second kappa shape index (κ2) is 6.38. The number of aryl methyl sites for hydroxylation is 1. The molecule has 31 heavy (non-hydrogen) atoms. The molecule has 0 unspecified atom stereocenters. The Morgan fingerprint density at radius 1 is 0.645 bits per heavy atom. The lowest BCUT2D eigenvalue weighted by molar-refractivity contribution is -0.0839. The van der Waals surface area contributed by atoms with E-state index < -0.39 is 16.9 Å². The van der Waals surface area contributed by atoms with Crippen LogP contribution in [0.1, 0.15) is 39.8 Å². The van der Waals surface area contributed by atoms with E-state index in [-0.39, 0.29) is 6.42 Å². The van der Waals surface area contributed by atoms with E-state index >= 15 is 4.39 Å². The van der Waals surface area contributed by atoms with Gasteiger partial charge in [-0.3, -0.25) is 0 Å². The molecule has 3 atom stereocenters. The Balaban J connectivity index is 1.72. The molecule has 0 amide bonds. The van der Waals surface area contributed by atoms with E-state index in [2.05, 4.69) is 18.2 Å². The number of benzene rings is 4. The second-order valence-electron chi connectivity index (χ2n) is 8.74. The first kappa shape index (κ1) is 18.5.